The molecule has 0 aliphatic carbocycles. The van der Waals surface area contributed by atoms with Crippen molar-refractivity contribution in [2.75, 3.05) is 11.9 Å². The number of hydrogen-bond acceptors (Lipinski definition) is 6. The van der Waals surface area contributed by atoms with Gasteiger partial charge in [-0.1, -0.05) is 12.1 Å². The summed E-state index contributed by atoms with van der Waals surface area (Å²) in [4.78, 5) is 0. The van der Waals surface area contributed by atoms with E-state index in [4.69, 9.17) is 0 Å². The molecule has 6 nitrogen and oxygen atoms in total. The fourth-order valence-electron chi connectivity index (χ4n) is 2.88. The van der Waals surface area contributed by atoms with Crippen LogP contribution in [0.3, 0.4) is 0 Å². The summed E-state index contributed by atoms with van der Waals surface area (Å²) in [7, 11) is 0. The number of anilines is 1. The van der Waals surface area contributed by atoms with Crippen LogP contribution >= 0.6 is 0 Å². The average molecular weight is 282 g/mol. The maximum atomic E-state index is 9.95. The summed E-state index contributed by atoms with van der Waals surface area (Å²) in [5, 5.41) is 34.3. The van der Waals surface area contributed by atoms with E-state index in [2.05, 4.69) is 20.8 Å². The smallest absolute Gasteiger partial charge is 0.156 e. The SMILES string of the molecule is Oc1ccccc1-c1cc2c(nn1)NC=C1C(O)NCC12. The topological polar surface area (TPSA) is 90.3 Å². The normalized spacial score (nSPS) is 23.0. The molecule has 2 aliphatic rings. The largest absolute Gasteiger partial charge is 0.507 e. The number of nitrogens with one attached hydrogen (secondary N) is 2. The van der Waals surface area contributed by atoms with E-state index >= 15 is 0 Å². The molecule has 3 heterocycles. The van der Waals surface area contributed by atoms with E-state index in [0.29, 0.717) is 23.6 Å². The van der Waals surface area contributed by atoms with Crippen LogP contribution in [0.4, 0.5) is 5.82 Å². The Bertz CT molecular complexity index is 744. The van der Waals surface area contributed by atoms with E-state index in [9.17, 15) is 10.2 Å². The maximum Gasteiger partial charge on any atom is 0.156 e. The Morgan fingerprint density at radius 2 is 2.05 bits per heavy atom. The van der Waals surface area contributed by atoms with E-state index in [-0.39, 0.29) is 11.7 Å². The molecular weight excluding hydrogens is 268 g/mol. The molecular formula is C15H14N4O2. The number of fused-ring (bicyclic) bond motifs is 3. The average Bonchev–Trinajstić information content (AvgIpc) is 2.89. The summed E-state index contributed by atoms with van der Waals surface area (Å²) in [6.07, 6.45) is 1.16. The van der Waals surface area contributed by atoms with Crippen LogP contribution < -0.4 is 10.6 Å². The van der Waals surface area contributed by atoms with Crippen molar-refractivity contribution >= 4 is 5.82 Å². The monoisotopic (exact) mass is 282 g/mol. The highest BCUT2D eigenvalue weighted by Crippen LogP contribution is 2.39. The second-order valence-electron chi connectivity index (χ2n) is 5.20. The Kier molecular flexibility index (Phi) is 2.66. The van der Waals surface area contributed by atoms with Crippen LogP contribution in [0.15, 0.2) is 42.1 Å². The minimum Gasteiger partial charge on any atom is -0.507 e. The summed E-state index contributed by atoms with van der Waals surface area (Å²) in [5.41, 5.74) is 3.15. The molecule has 1 saturated heterocycles. The first-order chi connectivity index (χ1) is 10.2. The second kappa shape index (κ2) is 4.54. The number of aromatic hydroxyl groups is 1. The Labute approximate surface area is 121 Å². The molecule has 21 heavy (non-hydrogen) atoms. The van der Waals surface area contributed by atoms with Crippen LogP contribution in [0, 0.1) is 0 Å². The highest BCUT2D eigenvalue weighted by molar-refractivity contribution is 5.69. The van der Waals surface area contributed by atoms with Crippen LogP contribution in [0.1, 0.15) is 11.5 Å². The number of para-hydroxylation sites is 1. The molecule has 6 heteroatoms. The maximum absolute atomic E-state index is 9.95. The number of rotatable bonds is 1. The van der Waals surface area contributed by atoms with Crippen molar-refractivity contribution in [1.82, 2.24) is 15.5 Å². The predicted molar refractivity (Wildman–Crippen MR) is 77.6 cm³/mol. The van der Waals surface area contributed by atoms with E-state index in [1.54, 1.807) is 24.4 Å². The van der Waals surface area contributed by atoms with Gasteiger partial charge in [0.1, 0.15) is 12.0 Å². The highest BCUT2D eigenvalue weighted by Gasteiger charge is 2.34. The number of nitrogens with zero attached hydrogens (tertiary/aromatic N) is 2. The van der Waals surface area contributed by atoms with Gasteiger partial charge in [-0.3, -0.25) is 5.32 Å². The van der Waals surface area contributed by atoms with Gasteiger partial charge in [-0.2, -0.15) is 0 Å². The molecule has 2 aromatic rings. The molecule has 0 amide bonds. The van der Waals surface area contributed by atoms with E-state index in [0.717, 1.165) is 11.1 Å². The first-order valence-electron chi connectivity index (χ1n) is 6.78. The molecule has 4 rings (SSSR count). The van der Waals surface area contributed by atoms with Gasteiger partial charge in [-0.25, -0.2) is 0 Å². The first kappa shape index (κ1) is 12.3. The summed E-state index contributed by atoms with van der Waals surface area (Å²) >= 11 is 0. The lowest BCUT2D eigenvalue weighted by molar-refractivity contribution is 0.194. The van der Waals surface area contributed by atoms with Gasteiger partial charge >= 0.3 is 0 Å². The molecule has 1 fully saturated rings. The summed E-state index contributed by atoms with van der Waals surface area (Å²) < 4.78 is 0. The molecule has 0 radical (unpaired) electrons. The van der Waals surface area contributed by atoms with Gasteiger partial charge in [0.05, 0.1) is 5.69 Å². The van der Waals surface area contributed by atoms with Crippen LogP contribution in [-0.4, -0.2) is 33.2 Å². The fraction of sp³-hybridized carbons (Fsp3) is 0.200. The van der Waals surface area contributed by atoms with E-state index in [1.807, 2.05) is 12.1 Å². The van der Waals surface area contributed by atoms with Crippen molar-refractivity contribution < 1.29 is 10.2 Å². The molecule has 0 spiro atoms. The standard InChI is InChI=1S/C15H14N4O2/c20-13-4-2-1-3-8(13)12-5-9-10-6-17-15(21)11(10)7-16-14(9)19-18-12/h1-5,7,10,15,17,20-21H,6H2,(H,16,19). The van der Waals surface area contributed by atoms with Crippen LogP contribution in [0.25, 0.3) is 11.3 Å². The minimum atomic E-state index is -0.627. The predicted octanol–water partition coefficient (Wildman–Crippen LogP) is 1.16. The van der Waals surface area contributed by atoms with Gasteiger partial charge in [-0.05, 0) is 23.8 Å². The zero-order valence-electron chi connectivity index (χ0n) is 11.1. The lowest BCUT2D eigenvalue weighted by atomic mass is 9.91. The molecule has 106 valence electrons. The van der Waals surface area contributed by atoms with Gasteiger partial charge in [-0.15, -0.1) is 10.2 Å². The van der Waals surface area contributed by atoms with Crippen LogP contribution in [-0.2, 0) is 0 Å². The van der Waals surface area contributed by atoms with Crippen LogP contribution in [0.5, 0.6) is 5.75 Å². The van der Waals surface area contributed by atoms with Crippen molar-refractivity contribution in [1.29, 1.82) is 0 Å². The second-order valence-corrected chi connectivity index (χ2v) is 5.20. The molecule has 1 aromatic carbocycles. The van der Waals surface area contributed by atoms with Gasteiger partial charge < -0.3 is 15.5 Å². The number of hydrogen-bond donors (Lipinski definition) is 4. The van der Waals surface area contributed by atoms with Gasteiger partial charge in [0.2, 0.25) is 0 Å². The molecule has 2 aliphatic heterocycles. The number of aromatic nitrogens is 2. The molecule has 2 atom stereocenters. The molecule has 0 bridgehead atoms. The van der Waals surface area contributed by atoms with Gasteiger partial charge in [0, 0.05) is 29.8 Å². The number of phenolic OH excluding ortho intramolecular Hbond substituents is 1. The third kappa shape index (κ3) is 1.88. The Morgan fingerprint density at radius 1 is 1.19 bits per heavy atom. The number of aliphatic hydroxyl groups excluding tert-OH is 1. The molecule has 1 aromatic heterocycles. The molecule has 0 saturated carbocycles. The quantitative estimate of drug-likeness (QED) is 0.627. The Hall–Kier alpha value is -2.44. The zero-order chi connectivity index (χ0) is 14.4. The zero-order valence-corrected chi connectivity index (χ0v) is 11.1. The molecule has 4 N–H and O–H groups in total. The van der Waals surface area contributed by atoms with Gasteiger partial charge in [0.25, 0.3) is 0 Å². The van der Waals surface area contributed by atoms with E-state index < -0.39 is 6.23 Å². The number of benzene rings is 1. The number of aliphatic hydroxyl groups is 1. The third-order valence-electron chi connectivity index (χ3n) is 3.99. The summed E-state index contributed by atoms with van der Waals surface area (Å²) in [5.74, 6) is 0.950. The van der Waals surface area contributed by atoms with Crippen molar-refractivity contribution in [2.24, 2.45) is 0 Å². The minimum absolute atomic E-state index is 0.0800. The molecule has 2 unspecified atom stereocenters. The third-order valence-corrected chi connectivity index (χ3v) is 3.99. The summed E-state index contributed by atoms with van der Waals surface area (Å²) in [6.45, 7) is 0.660. The van der Waals surface area contributed by atoms with Crippen molar-refractivity contribution in [2.45, 2.75) is 12.1 Å². The van der Waals surface area contributed by atoms with Crippen molar-refractivity contribution in [3.8, 4) is 17.0 Å². The van der Waals surface area contributed by atoms with Crippen molar-refractivity contribution in [3.63, 3.8) is 0 Å². The highest BCUT2D eigenvalue weighted by atomic mass is 16.3. The first-order valence-corrected chi connectivity index (χ1v) is 6.78. The summed E-state index contributed by atoms with van der Waals surface area (Å²) in [6, 6.07) is 8.97. The number of phenols is 1. The fourth-order valence-corrected chi connectivity index (χ4v) is 2.88. The van der Waals surface area contributed by atoms with Gasteiger partial charge in [0.15, 0.2) is 5.82 Å². The van der Waals surface area contributed by atoms with Crippen molar-refractivity contribution in [3.05, 3.63) is 47.7 Å². The van der Waals surface area contributed by atoms with E-state index in [1.165, 1.54) is 0 Å². The van der Waals surface area contributed by atoms with Crippen LogP contribution in [0.2, 0.25) is 0 Å². The Balaban J connectivity index is 1.81. The Morgan fingerprint density at radius 3 is 2.90 bits per heavy atom. The lowest BCUT2D eigenvalue weighted by Gasteiger charge is -2.21. The lowest BCUT2D eigenvalue weighted by Crippen LogP contribution is -2.21.